The van der Waals surface area contributed by atoms with Gasteiger partial charge >= 0.3 is 0 Å². The molecule has 4 nitrogen and oxygen atoms in total. The minimum absolute atomic E-state index is 0.214. The van der Waals surface area contributed by atoms with Gasteiger partial charge in [0, 0.05) is 6.54 Å². The molecule has 0 bridgehead atoms. The predicted molar refractivity (Wildman–Crippen MR) is 80.2 cm³/mol. The van der Waals surface area contributed by atoms with Crippen molar-refractivity contribution >= 4 is 32.6 Å². The lowest BCUT2D eigenvalue weighted by molar-refractivity contribution is 0.0963. The molecule has 3 aromatic rings. The molecule has 1 aromatic carbocycles. The van der Waals surface area contributed by atoms with Crippen LogP contribution in [0.5, 0.6) is 0 Å². The third kappa shape index (κ3) is 2.23. The molecule has 0 N–H and O–H groups in total. The summed E-state index contributed by atoms with van der Waals surface area (Å²) >= 11 is 1.48. The molecule has 3 rings (SSSR count). The van der Waals surface area contributed by atoms with E-state index in [9.17, 15) is 4.79 Å². The Morgan fingerprint density at radius 3 is 2.90 bits per heavy atom. The van der Waals surface area contributed by atoms with Gasteiger partial charge in [0.2, 0.25) is 0 Å². The molecule has 0 aliphatic rings. The Morgan fingerprint density at radius 2 is 2.20 bits per heavy atom. The summed E-state index contributed by atoms with van der Waals surface area (Å²) < 4.78 is 6.21. The fourth-order valence-electron chi connectivity index (χ4n) is 1.89. The van der Waals surface area contributed by atoms with Crippen LogP contribution in [0.25, 0.3) is 10.2 Å². The van der Waals surface area contributed by atoms with Gasteiger partial charge in [-0.3, -0.25) is 9.69 Å². The Kier molecular flexibility index (Phi) is 3.35. The minimum atomic E-state index is -0.214. The van der Waals surface area contributed by atoms with Gasteiger partial charge in [0.05, 0.1) is 16.5 Å². The van der Waals surface area contributed by atoms with Crippen molar-refractivity contribution in [3.8, 4) is 0 Å². The van der Waals surface area contributed by atoms with Crippen LogP contribution in [0.2, 0.25) is 0 Å². The number of aromatic nitrogens is 1. The highest BCUT2D eigenvalue weighted by Crippen LogP contribution is 2.29. The number of rotatable bonds is 4. The van der Waals surface area contributed by atoms with Gasteiger partial charge < -0.3 is 4.42 Å². The van der Waals surface area contributed by atoms with E-state index in [1.807, 2.05) is 24.3 Å². The Balaban J connectivity index is 2.01. The molecule has 0 fully saturated rings. The third-order valence-corrected chi connectivity index (χ3v) is 3.86. The van der Waals surface area contributed by atoms with E-state index >= 15 is 0 Å². The molecule has 2 aromatic heterocycles. The fraction of sp³-hybridized carbons (Fsp3) is 0.0667. The van der Waals surface area contributed by atoms with E-state index in [0.717, 1.165) is 10.2 Å². The zero-order chi connectivity index (χ0) is 13.9. The highest BCUT2D eigenvalue weighted by atomic mass is 32.1. The van der Waals surface area contributed by atoms with Gasteiger partial charge in [-0.2, -0.15) is 0 Å². The Hall–Kier alpha value is -2.40. The Morgan fingerprint density at radius 1 is 1.35 bits per heavy atom. The number of nitrogens with zero attached hydrogens (tertiary/aromatic N) is 2. The van der Waals surface area contributed by atoms with Gasteiger partial charge in [0.1, 0.15) is 0 Å². The maximum absolute atomic E-state index is 12.4. The van der Waals surface area contributed by atoms with Crippen molar-refractivity contribution in [2.24, 2.45) is 0 Å². The van der Waals surface area contributed by atoms with Gasteiger partial charge in [-0.1, -0.05) is 29.5 Å². The van der Waals surface area contributed by atoms with E-state index in [0.29, 0.717) is 17.4 Å². The number of benzene rings is 1. The Labute approximate surface area is 120 Å². The molecule has 2 heterocycles. The first kappa shape index (κ1) is 12.6. The second-order valence-electron chi connectivity index (χ2n) is 4.15. The van der Waals surface area contributed by atoms with E-state index in [1.54, 1.807) is 23.1 Å². The summed E-state index contributed by atoms with van der Waals surface area (Å²) in [5, 5.41) is 0.646. The van der Waals surface area contributed by atoms with Crippen molar-refractivity contribution in [2.75, 3.05) is 11.4 Å². The lowest BCUT2D eigenvalue weighted by Crippen LogP contribution is -2.30. The number of furan rings is 1. The number of thiazole rings is 1. The monoisotopic (exact) mass is 284 g/mol. The predicted octanol–water partition coefficient (Wildman–Crippen LogP) is 3.72. The summed E-state index contributed by atoms with van der Waals surface area (Å²) in [5.74, 6) is 0.0834. The van der Waals surface area contributed by atoms with Gasteiger partial charge in [-0.15, -0.1) is 6.58 Å². The first-order valence-corrected chi connectivity index (χ1v) is 6.93. The van der Waals surface area contributed by atoms with Crippen molar-refractivity contribution in [2.45, 2.75) is 0 Å². The SMILES string of the molecule is C=CCN(C(=O)c1ccco1)c1nc2ccccc2s1. The highest BCUT2D eigenvalue weighted by molar-refractivity contribution is 7.22. The van der Waals surface area contributed by atoms with Gasteiger partial charge in [0.15, 0.2) is 10.9 Å². The van der Waals surface area contributed by atoms with Gasteiger partial charge in [0.25, 0.3) is 5.91 Å². The number of para-hydroxylation sites is 1. The number of hydrogen-bond donors (Lipinski definition) is 0. The van der Waals surface area contributed by atoms with E-state index in [4.69, 9.17) is 4.42 Å². The van der Waals surface area contributed by atoms with Crippen LogP contribution in [-0.4, -0.2) is 17.4 Å². The summed E-state index contributed by atoms with van der Waals surface area (Å²) in [7, 11) is 0. The zero-order valence-electron chi connectivity index (χ0n) is 10.7. The van der Waals surface area contributed by atoms with Crippen LogP contribution < -0.4 is 4.90 Å². The molecule has 0 aliphatic carbocycles. The van der Waals surface area contributed by atoms with Crippen molar-refractivity contribution in [3.63, 3.8) is 0 Å². The molecular formula is C15H12N2O2S. The van der Waals surface area contributed by atoms with Crippen LogP contribution in [0, 0.1) is 0 Å². The summed E-state index contributed by atoms with van der Waals surface area (Å²) in [6, 6.07) is 11.1. The molecule has 0 aliphatic heterocycles. The largest absolute Gasteiger partial charge is 0.459 e. The number of fused-ring (bicyclic) bond motifs is 1. The average molecular weight is 284 g/mol. The first-order chi connectivity index (χ1) is 9.79. The standard InChI is InChI=1S/C15H12N2O2S/c1-2-9-17(14(18)12-7-5-10-19-12)15-16-11-6-3-4-8-13(11)20-15/h2-8,10H,1,9H2. The molecule has 100 valence electrons. The molecule has 20 heavy (non-hydrogen) atoms. The summed E-state index contributed by atoms with van der Waals surface area (Å²) in [6.07, 6.45) is 3.16. The minimum Gasteiger partial charge on any atom is -0.459 e. The van der Waals surface area contributed by atoms with E-state index in [-0.39, 0.29) is 5.91 Å². The fourth-order valence-corrected chi connectivity index (χ4v) is 2.86. The normalized spacial score (nSPS) is 10.6. The highest BCUT2D eigenvalue weighted by Gasteiger charge is 2.21. The molecule has 0 saturated heterocycles. The van der Waals surface area contributed by atoms with Crippen LogP contribution in [0.3, 0.4) is 0 Å². The number of anilines is 1. The maximum atomic E-state index is 12.4. The van der Waals surface area contributed by atoms with E-state index < -0.39 is 0 Å². The van der Waals surface area contributed by atoms with Crippen LogP contribution in [0.1, 0.15) is 10.6 Å². The molecule has 1 amide bonds. The molecule has 5 heteroatoms. The average Bonchev–Trinajstić information content (AvgIpc) is 3.12. The van der Waals surface area contributed by atoms with Crippen molar-refractivity contribution in [3.05, 3.63) is 61.1 Å². The lowest BCUT2D eigenvalue weighted by atomic mass is 10.3. The van der Waals surface area contributed by atoms with Gasteiger partial charge in [-0.05, 0) is 24.3 Å². The van der Waals surface area contributed by atoms with Crippen LogP contribution in [-0.2, 0) is 0 Å². The maximum Gasteiger partial charge on any atom is 0.296 e. The summed E-state index contributed by atoms with van der Waals surface area (Å²) in [6.45, 7) is 4.08. The molecular weight excluding hydrogens is 272 g/mol. The topological polar surface area (TPSA) is 46.3 Å². The number of carbonyl (C=O) groups excluding carboxylic acids is 1. The second-order valence-corrected chi connectivity index (χ2v) is 5.15. The molecule has 0 atom stereocenters. The number of hydrogen-bond acceptors (Lipinski definition) is 4. The molecule has 0 radical (unpaired) electrons. The first-order valence-electron chi connectivity index (χ1n) is 6.11. The van der Waals surface area contributed by atoms with Crippen molar-refractivity contribution < 1.29 is 9.21 Å². The van der Waals surface area contributed by atoms with Crippen molar-refractivity contribution in [1.29, 1.82) is 0 Å². The van der Waals surface area contributed by atoms with Crippen LogP contribution >= 0.6 is 11.3 Å². The van der Waals surface area contributed by atoms with E-state index in [1.165, 1.54) is 17.6 Å². The third-order valence-electron chi connectivity index (χ3n) is 2.80. The van der Waals surface area contributed by atoms with Crippen molar-refractivity contribution in [1.82, 2.24) is 4.98 Å². The summed E-state index contributed by atoms with van der Waals surface area (Å²) in [5.41, 5.74) is 0.883. The van der Waals surface area contributed by atoms with Gasteiger partial charge in [-0.25, -0.2) is 4.98 Å². The lowest BCUT2D eigenvalue weighted by Gasteiger charge is -2.16. The second kappa shape index (κ2) is 5.30. The molecule has 0 unspecified atom stereocenters. The molecule has 0 saturated carbocycles. The number of amides is 1. The summed E-state index contributed by atoms with van der Waals surface area (Å²) in [4.78, 5) is 18.5. The quantitative estimate of drug-likeness (QED) is 0.686. The Bertz CT molecular complexity index is 713. The number of carbonyl (C=O) groups is 1. The van der Waals surface area contributed by atoms with Crippen LogP contribution in [0.4, 0.5) is 5.13 Å². The van der Waals surface area contributed by atoms with Crippen LogP contribution in [0.15, 0.2) is 59.7 Å². The molecule has 0 spiro atoms. The smallest absolute Gasteiger partial charge is 0.296 e. The van der Waals surface area contributed by atoms with E-state index in [2.05, 4.69) is 11.6 Å². The zero-order valence-corrected chi connectivity index (χ0v) is 11.5.